The summed E-state index contributed by atoms with van der Waals surface area (Å²) in [4.78, 5) is 0. The fourth-order valence-corrected chi connectivity index (χ4v) is 4.23. The van der Waals surface area contributed by atoms with Gasteiger partial charge in [-0.25, -0.2) is 0 Å². The number of aryl methyl sites for hydroxylation is 3. The molecule has 0 spiro atoms. The molecule has 2 heteroatoms. The molecule has 0 bridgehead atoms. The van der Waals surface area contributed by atoms with Crippen LogP contribution in [-0.2, 0) is 25.7 Å². The first kappa shape index (κ1) is 11.5. The quantitative estimate of drug-likeness (QED) is 0.761. The van der Waals surface area contributed by atoms with Gasteiger partial charge < -0.3 is 4.74 Å². The summed E-state index contributed by atoms with van der Waals surface area (Å²) in [7, 11) is 1.75. The summed E-state index contributed by atoms with van der Waals surface area (Å²) in [6.45, 7) is 0. The number of hydrogen-bond acceptors (Lipinski definition) is 1. The Balaban J connectivity index is 2.10. The van der Waals surface area contributed by atoms with Crippen LogP contribution >= 0.6 is 15.9 Å². The first-order chi connectivity index (χ1) is 9.29. The maximum atomic E-state index is 5.52. The van der Waals surface area contributed by atoms with E-state index in [-0.39, 0.29) is 0 Å². The predicted molar refractivity (Wildman–Crippen MR) is 80.9 cm³/mol. The number of hydrogen-bond donors (Lipinski definition) is 0. The summed E-state index contributed by atoms with van der Waals surface area (Å²) in [5, 5.41) is 0. The lowest BCUT2D eigenvalue weighted by Gasteiger charge is -2.30. The Morgan fingerprint density at radius 2 is 1.63 bits per heavy atom. The summed E-state index contributed by atoms with van der Waals surface area (Å²) in [6.07, 6.45) is 4.53. The summed E-state index contributed by atoms with van der Waals surface area (Å²) in [5.74, 6) is 0.983. The van der Waals surface area contributed by atoms with E-state index in [1.807, 2.05) is 0 Å². The molecule has 0 fully saturated rings. The first-order valence-corrected chi connectivity index (χ1v) is 7.58. The van der Waals surface area contributed by atoms with Crippen LogP contribution in [-0.4, -0.2) is 7.11 Å². The molecule has 0 amide bonds. The van der Waals surface area contributed by atoms with E-state index in [1.165, 1.54) is 33.4 Å². The zero-order valence-electron chi connectivity index (χ0n) is 10.9. The molecular weight excluding hydrogens is 300 g/mol. The molecule has 0 saturated carbocycles. The monoisotopic (exact) mass is 314 g/mol. The lowest BCUT2D eigenvalue weighted by Crippen LogP contribution is -2.14. The van der Waals surface area contributed by atoms with Crippen molar-refractivity contribution in [2.45, 2.75) is 25.7 Å². The standard InChI is InChI=1S/C17H15BrO/c1-19-14-9-12-6-5-10-3-2-4-11-7-8-13(17(14)18)16(12)15(10)11/h2-4,9H,5-8H2,1H3. The van der Waals surface area contributed by atoms with Crippen molar-refractivity contribution in [1.29, 1.82) is 0 Å². The van der Waals surface area contributed by atoms with Crippen LogP contribution in [0.4, 0.5) is 0 Å². The Morgan fingerprint density at radius 1 is 0.947 bits per heavy atom. The molecule has 2 aliphatic rings. The van der Waals surface area contributed by atoms with Gasteiger partial charge in [-0.2, -0.15) is 0 Å². The molecule has 4 rings (SSSR count). The zero-order chi connectivity index (χ0) is 13.0. The Kier molecular flexibility index (Phi) is 2.49. The average molecular weight is 315 g/mol. The molecule has 96 valence electrons. The van der Waals surface area contributed by atoms with Crippen molar-refractivity contribution in [3.8, 4) is 16.9 Å². The number of ether oxygens (including phenoxy) is 1. The third-order valence-electron chi connectivity index (χ3n) is 4.42. The number of methoxy groups -OCH3 is 1. The van der Waals surface area contributed by atoms with Crippen LogP contribution in [0.1, 0.15) is 22.3 Å². The second kappa shape index (κ2) is 4.11. The van der Waals surface area contributed by atoms with Crippen LogP contribution in [0.15, 0.2) is 28.7 Å². The van der Waals surface area contributed by atoms with Crippen LogP contribution in [0, 0.1) is 0 Å². The van der Waals surface area contributed by atoms with Crippen LogP contribution < -0.4 is 4.74 Å². The molecule has 0 unspecified atom stereocenters. The number of rotatable bonds is 1. The lowest BCUT2D eigenvalue weighted by molar-refractivity contribution is 0.411. The smallest absolute Gasteiger partial charge is 0.133 e. The summed E-state index contributed by atoms with van der Waals surface area (Å²) < 4.78 is 6.66. The van der Waals surface area contributed by atoms with E-state index in [0.717, 1.165) is 35.9 Å². The van der Waals surface area contributed by atoms with Gasteiger partial charge in [0.25, 0.3) is 0 Å². The van der Waals surface area contributed by atoms with Crippen LogP contribution in [0.5, 0.6) is 5.75 Å². The molecule has 0 N–H and O–H groups in total. The number of benzene rings is 2. The predicted octanol–water partition coefficient (Wildman–Crippen LogP) is 4.32. The highest BCUT2D eigenvalue weighted by molar-refractivity contribution is 9.10. The van der Waals surface area contributed by atoms with Gasteiger partial charge >= 0.3 is 0 Å². The summed E-state index contributed by atoms with van der Waals surface area (Å²) in [5.41, 5.74) is 8.92. The molecule has 2 aliphatic carbocycles. The van der Waals surface area contributed by atoms with Crippen LogP contribution in [0.3, 0.4) is 0 Å². The highest BCUT2D eigenvalue weighted by Gasteiger charge is 2.28. The summed E-state index contributed by atoms with van der Waals surface area (Å²) >= 11 is 3.74. The molecule has 0 radical (unpaired) electrons. The minimum absolute atomic E-state index is 0.983. The Hall–Kier alpha value is -1.28. The van der Waals surface area contributed by atoms with Crippen molar-refractivity contribution in [3.05, 3.63) is 51.0 Å². The van der Waals surface area contributed by atoms with Gasteiger partial charge in [0.05, 0.1) is 11.6 Å². The Morgan fingerprint density at radius 3 is 2.37 bits per heavy atom. The Labute approximate surface area is 121 Å². The second-order valence-electron chi connectivity index (χ2n) is 5.36. The van der Waals surface area contributed by atoms with Gasteiger partial charge in [0, 0.05) is 0 Å². The average Bonchev–Trinajstić information content (AvgIpc) is 2.46. The highest BCUT2D eigenvalue weighted by Crippen LogP contribution is 2.47. The molecule has 19 heavy (non-hydrogen) atoms. The molecular formula is C17H15BrO. The number of halogens is 1. The molecule has 2 aromatic rings. The maximum Gasteiger partial charge on any atom is 0.133 e. The van der Waals surface area contributed by atoms with Crippen molar-refractivity contribution in [2.24, 2.45) is 0 Å². The van der Waals surface area contributed by atoms with E-state index in [2.05, 4.69) is 40.2 Å². The highest BCUT2D eigenvalue weighted by atomic mass is 79.9. The van der Waals surface area contributed by atoms with E-state index in [4.69, 9.17) is 4.74 Å². The van der Waals surface area contributed by atoms with Crippen molar-refractivity contribution < 1.29 is 4.74 Å². The Bertz CT molecular complexity index is 674. The second-order valence-corrected chi connectivity index (χ2v) is 6.15. The van der Waals surface area contributed by atoms with Crippen molar-refractivity contribution in [3.63, 3.8) is 0 Å². The van der Waals surface area contributed by atoms with Crippen molar-refractivity contribution in [1.82, 2.24) is 0 Å². The first-order valence-electron chi connectivity index (χ1n) is 6.79. The van der Waals surface area contributed by atoms with Gasteiger partial charge in [-0.15, -0.1) is 0 Å². The van der Waals surface area contributed by atoms with Gasteiger partial charge in [0.1, 0.15) is 5.75 Å². The molecule has 2 aromatic carbocycles. The van der Waals surface area contributed by atoms with E-state index in [1.54, 1.807) is 7.11 Å². The van der Waals surface area contributed by atoms with E-state index >= 15 is 0 Å². The molecule has 0 atom stereocenters. The fraction of sp³-hybridized carbons (Fsp3) is 0.294. The van der Waals surface area contributed by atoms with Gasteiger partial charge in [0.2, 0.25) is 0 Å². The summed E-state index contributed by atoms with van der Waals surface area (Å²) in [6, 6.07) is 9.00. The molecule has 0 aromatic heterocycles. The third kappa shape index (κ3) is 1.53. The third-order valence-corrected chi connectivity index (χ3v) is 5.29. The molecule has 1 nitrogen and oxygen atoms in total. The van der Waals surface area contributed by atoms with Gasteiger partial charge in [-0.3, -0.25) is 0 Å². The van der Waals surface area contributed by atoms with Crippen molar-refractivity contribution >= 4 is 15.9 Å². The van der Waals surface area contributed by atoms with E-state index < -0.39 is 0 Å². The van der Waals surface area contributed by atoms with E-state index in [9.17, 15) is 0 Å². The molecule has 0 aliphatic heterocycles. The zero-order valence-corrected chi connectivity index (χ0v) is 12.5. The van der Waals surface area contributed by atoms with Crippen LogP contribution in [0.25, 0.3) is 11.1 Å². The van der Waals surface area contributed by atoms with E-state index in [0.29, 0.717) is 0 Å². The van der Waals surface area contributed by atoms with Gasteiger partial charge in [0.15, 0.2) is 0 Å². The van der Waals surface area contributed by atoms with Crippen LogP contribution in [0.2, 0.25) is 0 Å². The lowest BCUT2D eigenvalue weighted by atomic mass is 9.75. The fourth-order valence-electron chi connectivity index (χ4n) is 3.56. The normalized spacial score (nSPS) is 15.1. The van der Waals surface area contributed by atoms with Gasteiger partial charge in [-0.1, -0.05) is 18.2 Å². The largest absolute Gasteiger partial charge is 0.496 e. The molecule has 0 saturated heterocycles. The van der Waals surface area contributed by atoms with Crippen molar-refractivity contribution in [2.75, 3.05) is 7.11 Å². The maximum absolute atomic E-state index is 5.52. The SMILES string of the molecule is COc1cc2c3c(c1Br)CCc1cccc(c1-3)CC2. The molecule has 0 heterocycles. The minimum atomic E-state index is 0.983. The minimum Gasteiger partial charge on any atom is -0.496 e. The topological polar surface area (TPSA) is 9.23 Å². The van der Waals surface area contributed by atoms with Gasteiger partial charge in [-0.05, 0) is 81.1 Å².